The van der Waals surface area contributed by atoms with Crippen LogP contribution in [0.15, 0.2) is 47.7 Å². The topological polar surface area (TPSA) is 155 Å². The van der Waals surface area contributed by atoms with E-state index in [1.807, 2.05) is 13.8 Å². The summed E-state index contributed by atoms with van der Waals surface area (Å²) in [5.41, 5.74) is 0.740. The Kier molecular flexibility index (Phi) is 8.16. The van der Waals surface area contributed by atoms with E-state index in [0.717, 1.165) is 0 Å². The third kappa shape index (κ3) is 5.40. The molecule has 0 bridgehead atoms. The molecule has 1 aromatic carbocycles. The smallest absolute Gasteiger partial charge is 0.264 e. The van der Waals surface area contributed by atoms with Crippen molar-refractivity contribution in [1.29, 1.82) is 0 Å². The number of Topliss-reactive ketones (excluding diaryl/α,β-unsaturated/α-hetero) is 1. The van der Waals surface area contributed by atoms with E-state index in [2.05, 4.69) is 20.3 Å². The van der Waals surface area contributed by atoms with Crippen molar-refractivity contribution >= 4 is 28.4 Å². The summed E-state index contributed by atoms with van der Waals surface area (Å²) in [4.78, 5) is 52.3. The lowest BCUT2D eigenvalue weighted by atomic mass is 9.91. The molecule has 3 heterocycles. The first-order valence-corrected chi connectivity index (χ1v) is 13.5. The number of carbonyl (C=O) groups excluding carboxylic acids is 2. The Balaban J connectivity index is 1.41. The number of aromatic nitrogens is 4. The zero-order valence-corrected chi connectivity index (χ0v) is 23.7. The number of anilines is 1. The van der Waals surface area contributed by atoms with Crippen molar-refractivity contribution < 1.29 is 28.9 Å². The summed E-state index contributed by atoms with van der Waals surface area (Å²) < 4.78 is 18.1. The van der Waals surface area contributed by atoms with Crippen LogP contribution in [0.5, 0.6) is 23.1 Å². The maximum Gasteiger partial charge on any atom is 0.264 e. The van der Waals surface area contributed by atoms with Gasteiger partial charge in [-0.15, -0.1) is 0 Å². The van der Waals surface area contributed by atoms with Gasteiger partial charge in [0.1, 0.15) is 23.5 Å². The summed E-state index contributed by atoms with van der Waals surface area (Å²) in [6.45, 7) is 3.46. The van der Waals surface area contributed by atoms with E-state index in [9.17, 15) is 19.5 Å². The highest BCUT2D eigenvalue weighted by molar-refractivity contribution is 6.06. The number of ether oxygens (including phenoxy) is 3. The quantitative estimate of drug-likeness (QED) is 0.301. The van der Waals surface area contributed by atoms with E-state index in [0.29, 0.717) is 58.7 Å². The van der Waals surface area contributed by atoms with E-state index in [1.54, 1.807) is 18.2 Å². The molecule has 3 aromatic heterocycles. The van der Waals surface area contributed by atoms with Gasteiger partial charge in [-0.2, -0.15) is 0 Å². The number of hydrogen-bond donors (Lipinski definition) is 2. The molecule has 1 atom stereocenters. The summed E-state index contributed by atoms with van der Waals surface area (Å²) in [6.07, 6.45) is 4.23. The first-order valence-electron chi connectivity index (χ1n) is 13.5. The molecular weight excluding hydrogens is 542 g/mol. The second-order valence-corrected chi connectivity index (χ2v) is 10.2. The van der Waals surface area contributed by atoms with Gasteiger partial charge in [0, 0.05) is 23.7 Å². The molecule has 0 saturated carbocycles. The average molecular weight is 574 g/mol. The molecule has 12 heteroatoms. The number of amides is 1. The standard InChI is InChI=1S/C30H31N5O7/c1-16(2)23(14-36)35-22-6-5-7-24(37)19(22)10-20(30(35)39)28(38)34-27-9-8-17(13-31-27)42-29-18-11-25(40-3)26(41-4)12-21(18)32-15-33-29/h8-13,15-16,23,36H,5-7,14H2,1-4H3,(H,31,34,38). The van der Waals surface area contributed by atoms with Gasteiger partial charge in [0.2, 0.25) is 5.88 Å². The monoisotopic (exact) mass is 573 g/mol. The SMILES string of the molecule is COc1cc2ncnc(Oc3ccc(NC(=O)c4cc5c(n(C(CO)C(C)C)c4=O)CCCC5=O)nc3)c2cc1OC. The van der Waals surface area contributed by atoms with Crippen LogP contribution in [0.1, 0.15) is 59.1 Å². The van der Waals surface area contributed by atoms with Gasteiger partial charge in [-0.25, -0.2) is 15.0 Å². The van der Waals surface area contributed by atoms with E-state index in [1.165, 1.54) is 43.4 Å². The number of aliphatic hydroxyl groups is 1. The third-order valence-corrected chi connectivity index (χ3v) is 7.29. The molecule has 2 N–H and O–H groups in total. The lowest BCUT2D eigenvalue weighted by Gasteiger charge is -2.28. The minimum Gasteiger partial charge on any atom is -0.493 e. The molecule has 0 aliphatic heterocycles. The lowest BCUT2D eigenvalue weighted by Crippen LogP contribution is -2.39. The largest absolute Gasteiger partial charge is 0.493 e. The van der Waals surface area contributed by atoms with Crippen LogP contribution in [0.4, 0.5) is 5.82 Å². The number of carbonyl (C=O) groups is 2. The van der Waals surface area contributed by atoms with E-state index >= 15 is 0 Å². The number of aliphatic hydroxyl groups excluding tert-OH is 1. The van der Waals surface area contributed by atoms with Crippen LogP contribution >= 0.6 is 0 Å². The molecule has 0 radical (unpaired) electrons. The van der Waals surface area contributed by atoms with Gasteiger partial charge in [-0.1, -0.05) is 13.8 Å². The van der Waals surface area contributed by atoms with Gasteiger partial charge >= 0.3 is 0 Å². The molecular formula is C30H31N5O7. The Labute approximate surface area is 241 Å². The number of hydrogen-bond acceptors (Lipinski definition) is 10. The number of pyridine rings is 2. The van der Waals surface area contributed by atoms with Crippen molar-refractivity contribution in [3.63, 3.8) is 0 Å². The van der Waals surface area contributed by atoms with Gasteiger partial charge in [0.15, 0.2) is 17.3 Å². The van der Waals surface area contributed by atoms with Gasteiger partial charge in [0.05, 0.1) is 44.0 Å². The number of nitrogens with zero attached hydrogens (tertiary/aromatic N) is 4. The molecule has 12 nitrogen and oxygen atoms in total. The van der Waals surface area contributed by atoms with Crippen LogP contribution in [0.25, 0.3) is 10.9 Å². The number of benzene rings is 1. The van der Waals surface area contributed by atoms with Crippen molar-refractivity contribution in [1.82, 2.24) is 19.5 Å². The molecule has 42 heavy (non-hydrogen) atoms. The Bertz CT molecular complexity index is 1720. The summed E-state index contributed by atoms with van der Waals surface area (Å²) in [7, 11) is 3.06. The van der Waals surface area contributed by atoms with E-state index in [4.69, 9.17) is 14.2 Å². The fourth-order valence-corrected chi connectivity index (χ4v) is 5.07. The number of rotatable bonds is 9. The third-order valence-electron chi connectivity index (χ3n) is 7.29. The number of methoxy groups -OCH3 is 2. The van der Waals surface area contributed by atoms with E-state index in [-0.39, 0.29) is 35.6 Å². The molecule has 5 rings (SSSR count). The maximum atomic E-state index is 13.5. The lowest BCUT2D eigenvalue weighted by molar-refractivity contribution is 0.0967. The highest BCUT2D eigenvalue weighted by atomic mass is 16.5. The van der Waals surface area contributed by atoms with Crippen molar-refractivity contribution in [3.05, 3.63) is 70.0 Å². The van der Waals surface area contributed by atoms with Gasteiger partial charge in [0.25, 0.3) is 11.5 Å². The maximum absolute atomic E-state index is 13.5. The van der Waals surface area contributed by atoms with Crippen molar-refractivity contribution in [2.75, 3.05) is 26.1 Å². The number of ketones is 1. The fourth-order valence-electron chi connectivity index (χ4n) is 5.07. The van der Waals surface area contributed by atoms with Crippen LogP contribution < -0.4 is 25.1 Å². The highest BCUT2D eigenvalue weighted by Crippen LogP contribution is 2.35. The van der Waals surface area contributed by atoms with Gasteiger partial charge in [-0.05, 0) is 43.0 Å². The predicted molar refractivity (Wildman–Crippen MR) is 154 cm³/mol. The molecule has 0 fully saturated rings. The Morgan fingerprint density at radius 1 is 1.05 bits per heavy atom. The first-order chi connectivity index (χ1) is 20.2. The summed E-state index contributed by atoms with van der Waals surface area (Å²) >= 11 is 0. The minimum absolute atomic E-state index is 0.100. The zero-order valence-electron chi connectivity index (χ0n) is 23.7. The van der Waals surface area contributed by atoms with Gasteiger partial charge < -0.3 is 29.2 Å². The number of fused-ring (bicyclic) bond motifs is 2. The van der Waals surface area contributed by atoms with Crippen molar-refractivity contribution in [2.45, 2.75) is 39.2 Å². The first kappa shape index (κ1) is 28.7. The Morgan fingerprint density at radius 2 is 1.81 bits per heavy atom. The number of nitrogens with one attached hydrogen (secondary N) is 1. The van der Waals surface area contributed by atoms with Gasteiger partial charge in [-0.3, -0.25) is 14.4 Å². The molecule has 0 spiro atoms. The zero-order chi connectivity index (χ0) is 30.0. The van der Waals surface area contributed by atoms with Crippen LogP contribution in [0, 0.1) is 5.92 Å². The second-order valence-electron chi connectivity index (χ2n) is 10.2. The average Bonchev–Trinajstić information content (AvgIpc) is 2.98. The molecule has 1 aliphatic rings. The fraction of sp³-hybridized carbons (Fsp3) is 0.333. The van der Waals surface area contributed by atoms with Crippen LogP contribution in [0.2, 0.25) is 0 Å². The summed E-state index contributed by atoms with van der Waals surface area (Å²) in [5, 5.41) is 13.3. The van der Waals surface area contributed by atoms with Crippen molar-refractivity contribution in [3.8, 4) is 23.1 Å². The van der Waals surface area contributed by atoms with Crippen LogP contribution in [0.3, 0.4) is 0 Å². The molecule has 1 unspecified atom stereocenters. The molecule has 0 saturated heterocycles. The predicted octanol–water partition coefficient (Wildman–Crippen LogP) is 3.96. The normalized spacial score (nSPS) is 13.5. The van der Waals surface area contributed by atoms with Crippen LogP contribution in [-0.2, 0) is 6.42 Å². The molecule has 1 aliphatic carbocycles. The summed E-state index contributed by atoms with van der Waals surface area (Å²) in [6, 6.07) is 7.33. The summed E-state index contributed by atoms with van der Waals surface area (Å²) in [5.74, 6) is 0.840. The Hall–Kier alpha value is -4.84. The van der Waals surface area contributed by atoms with Crippen LogP contribution in [-0.4, -0.2) is 57.1 Å². The molecule has 218 valence electrons. The Morgan fingerprint density at radius 3 is 2.48 bits per heavy atom. The highest BCUT2D eigenvalue weighted by Gasteiger charge is 2.29. The second kappa shape index (κ2) is 12.0. The molecule has 4 aromatic rings. The van der Waals surface area contributed by atoms with Crippen molar-refractivity contribution in [2.24, 2.45) is 5.92 Å². The van der Waals surface area contributed by atoms with E-state index < -0.39 is 17.5 Å². The molecule has 1 amide bonds. The minimum atomic E-state index is -0.709.